The Bertz CT molecular complexity index is 360. The van der Waals surface area contributed by atoms with E-state index < -0.39 is 0 Å². The topological polar surface area (TPSA) is 12.0 Å². The quantitative estimate of drug-likeness (QED) is 0.713. The lowest BCUT2D eigenvalue weighted by Gasteiger charge is -2.02. The molecule has 0 amide bonds. The molecule has 0 aliphatic carbocycles. The van der Waals surface area contributed by atoms with E-state index in [0.29, 0.717) is 0 Å². The maximum Gasteiger partial charge on any atom is 0.00277 e. The first-order valence-corrected chi connectivity index (χ1v) is 5.56. The van der Waals surface area contributed by atoms with E-state index in [2.05, 4.69) is 48.3 Å². The Morgan fingerprint density at radius 3 is 2.69 bits per heavy atom. The Kier molecular flexibility index (Phi) is 5.79. The van der Waals surface area contributed by atoms with Crippen molar-refractivity contribution in [3.05, 3.63) is 72.5 Å². The maximum absolute atomic E-state index is 3.73. The zero-order chi connectivity index (χ0) is 11.6. The molecular formula is C15H19N. The van der Waals surface area contributed by atoms with Crippen LogP contribution in [0.2, 0.25) is 0 Å². The molecule has 0 radical (unpaired) electrons. The summed E-state index contributed by atoms with van der Waals surface area (Å²) in [7, 11) is 1.90. The molecule has 1 N–H and O–H groups in total. The number of hydrogen-bond acceptors (Lipinski definition) is 1. The highest BCUT2D eigenvalue weighted by molar-refractivity contribution is 5.25. The maximum atomic E-state index is 3.73. The molecule has 0 fully saturated rings. The van der Waals surface area contributed by atoms with E-state index in [0.717, 1.165) is 12.8 Å². The molecule has 1 rings (SSSR count). The molecule has 1 aromatic rings. The van der Waals surface area contributed by atoms with Gasteiger partial charge in [0, 0.05) is 7.05 Å². The van der Waals surface area contributed by atoms with Gasteiger partial charge in [-0.05, 0) is 36.3 Å². The van der Waals surface area contributed by atoms with E-state index in [1.165, 1.54) is 11.1 Å². The van der Waals surface area contributed by atoms with Crippen LogP contribution in [0.4, 0.5) is 0 Å². The monoisotopic (exact) mass is 213 g/mol. The van der Waals surface area contributed by atoms with Gasteiger partial charge in [0.1, 0.15) is 0 Å². The third-order valence-electron chi connectivity index (χ3n) is 2.34. The Hall–Kier alpha value is -1.76. The zero-order valence-electron chi connectivity index (χ0n) is 9.82. The van der Waals surface area contributed by atoms with Gasteiger partial charge in [0.25, 0.3) is 0 Å². The SMILES string of the molecule is C=C/C=C(\C=C/NC)CCc1ccccc1. The molecule has 84 valence electrons. The fourth-order valence-corrected chi connectivity index (χ4v) is 1.50. The first-order chi connectivity index (χ1) is 7.86. The van der Waals surface area contributed by atoms with Crippen LogP contribution in [-0.2, 0) is 6.42 Å². The fraction of sp³-hybridized carbons (Fsp3) is 0.200. The lowest BCUT2D eigenvalue weighted by Crippen LogP contribution is -1.93. The molecule has 0 saturated carbocycles. The van der Waals surface area contributed by atoms with Gasteiger partial charge in [0.15, 0.2) is 0 Å². The summed E-state index contributed by atoms with van der Waals surface area (Å²) < 4.78 is 0. The minimum atomic E-state index is 1.04. The van der Waals surface area contributed by atoms with Crippen LogP contribution in [0.15, 0.2) is 66.9 Å². The normalized spacial score (nSPS) is 11.7. The van der Waals surface area contributed by atoms with Crippen LogP contribution in [0.3, 0.4) is 0 Å². The van der Waals surface area contributed by atoms with Gasteiger partial charge in [-0.1, -0.05) is 49.1 Å². The standard InChI is InChI=1S/C15H19N/c1-3-7-14(12-13-16-2)10-11-15-8-5-4-6-9-15/h3-9,12-13,16H,1,10-11H2,2H3/b13-12-,14-7-. The predicted molar refractivity (Wildman–Crippen MR) is 71.2 cm³/mol. The highest BCUT2D eigenvalue weighted by atomic mass is 14.8. The summed E-state index contributed by atoms with van der Waals surface area (Å²) in [6, 6.07) is 10.5. The summed E-state index contributed by atoms with van der Waals surface area (Å²) >= 11 is 0. The smallest absolute Gasteiger partial charge is 0.00277 e. The largest absolute Gasteiger partial charge is 0.394 e. The molecule has 0 saturated heterocycles. The minimum Gasteiger partial charge on any atom is -0.394 e. The number of allylic oxidation sites excluding steroid dienone is 4. The highest BCUT2D eigenvalue weighted by Gasteiger charge is 1.94. The van der Waals surface area contributed by atoms with E-state index in [1.807, 2.05) is 25.4 Å². The molecule has 0 bridgehead atoms. The molecule has 1 nitrogen and oxygen atoms in total. The van der Waals surface area contributed by atoms with E-state index in [1.54, 1.807) is 0 Å². The van der Waals surface area contributed by atoms with Crippen molar-refractivity contribution < 1.29 is 0 Å². The van der Waals surface area contributed by atoms with E-state index in [4.69, 9.17) is 0 Å². The van der Waals surface area contributed by atoms with Crippen LogP contribution >= 0.6 is 0 Å². The third-order valence-corrected chi connectivity index (χ3v) is 2.34. The molecule has 1 aromatic carbocycles. The molecule has 0 atom stereocenters. The average Bonchev–Trinajstić information content (AvgIpc) is 2.34. The summed E-state index contributed by atoms with van der Waals surface area (Å²) in [5.74, 6) is 0. The molecule has 0 aliphatic heterocycles. The molecular weight excluding hydrogens is 194 g/mol. The fourth-order valence-electron chi connectivity index (χ4n) is 1.50. The zero-order valence-corrected chi connectivity index (χ0v) is 9.82. The lowest BCUT2D eigenvalue weighted by atomic mass is 10.0. The van der Waals surface area contributed by atoms with Gasteiger partial charge in [-0.15, -0.1) is 0 Å². The summed E-state index contributed by atoms with van der Waals surface area (Å²) in [5, 5.41) is 3.00. The lowest BCUT2D eigenvalue weighted by molar-refractivity contribution is 0.960. The second-order valence-corrected chi connectivity index (χ2v) is 3.58. The summed E-state index contributed by atoms with van der Waals surface area (Å²) in [5.41, 5.74) is 2.66. The number of nitrogens with one attached hydrogen (secondary N) is 1. The summed E-state index contributed by atoms with van der Waals surface area (Å²) in [4.78, 5) is 0. The van der Waals surface area contributed by atoms with E-state index in [9.17, 15) is 0 Å². The van der Waals surface area contributed by atoms with Gasteiger partial charge in [-0.3, -0.25) is 0 Å². The Balaban J connectivity index is 2.54. The predicted octanol–water partition coefficient (Wildman–Crippen LogP) is 3.46. The summed E-state index contributed by atoms with van der Waals surface area (Å²) in [6.07, 6.45) is 10.0. The van der Waals surface area contributed by atoms with Crippen molar-refractivity contribution in [2.45, 2.75) is 12.8 Å². The average molecular weight is 213 g/mol. The second-order valence-electron chi connectivity index (χ2n) is 3.58. The van der Waals surface area contributed by atoms with Crippen molar-refractivity contribution in [2.24, 2.45) is 0 Å². The molecule has 16 heavy (non-hydrogen) atoms. The van der Waals surface area contributed by atoms with Gasteiger partial charge in [0.2, 0.25) is 0 Å². The van der Waals surface area contributed by atoms with Crippen LogP contribution < -0.4 is 5.32 Å². The van der Waals surface area contributed by atoms with Crippen molar-refractivity contribution in [2.75, 3.05) is 7.05 Å². The van der Waals surface area contributed by atoms with Crippen LogP contribution in [0.5, 0.6) is 0 Å². The van der Waals surface area contributed by atoms with Gasteiger partial charge in [0.05, 0.1) is 0 Å². The number of aryl methyl sites for hydroxylation is 1. The molecule has 0 spiro atoms. The number of benzene rings is 1. The van der Waals surface area contributed by atoms with Crippen molar-refractivity contribution in [1.82, 2.24) is 5.32 Å². The highest BCUT2D eigenvalue weighted by Crippen LogP contribution is 2.10. The molecule has 0 unspecified atom stereocenters. The third kappa shape index (κ3) is 4.65. The van der Waals surface area contributed by atoms with Crippen LogP contribution in [0, 0.1) is 0 Å². The van der Waals surface area contributed by atoms with Crippen LogP contribution in [0.25, 0.3) is 0 Å². The van der Waals surface area contributed by atoms with Gasteiger partial charge < -0.3 is 5.32 Å². The second kappa shape index (κ2) is 7.52. The van der Waals surface area contributed by atoms with Crippen molar-refractivity contribution in [3.63, 3.8) is 0 Å². The Labute approximate surface area is 98.2 Å². The van der Waals surface area contributed by atoms with Gasteiger partial charge >= 0.3 is 0 Å². The number of hydrogen-bond donors (Lipinski definition) is 1. The Morgan fingerprint density at radius 2 is 2.06 bits per heavy atom. The van der Waals surface area contributed by atoms with Crippen LogP contribution in [0.1, 0.15) is 12.0 Å². The molecule has 0 aromatic heterocycles. The van der Waals surface area contributed by atoms with Crippen molar-refractivity contribution >= 4 is 0 Å². The van der Waals surface area contributed by atoms with Crippen molar-refractivity contribution in [3.8, 4) is 0 Å². The molecule has 0 heterocycles. The van der Waals surface area contributed by atoms with Gasteiger partial charge in [-0.2, -0.15) is 0 Å². The first kappa shape index (κ1) is 12.3. The van der Waals surface area contributed by atoms with E-state index >= 15 is 0 Å². The number of rotatable bonds is 6. The van der Waals surface area contributed by atoms with Gasteiger partial charge in [-0.25, -0.2) is 0 Å². The molecule has 0 aliphatic rings. The minimum absolute atomic E-state index is 1.04. The van der Waals surface area contributed by atoms with Crippen LogP contribution in [-0.4, -0.2) is 7.05 Å². The first-order valence-electron chi connectivity index (χ1n) is 5.56. The van der Waals surface area contributed by atoms with E-state index in [-0.39, 0.29) is 0 Å². The Morgan fingerprint density at radius 1 is 1.31 bits per heavy atom. The van der Waals surface area contributed by atoms with Crippen molar-refractivity contribution in [1.29, 1.82) is 0 Å². The summed E-state index contributed by atoms with van der Waals surface area (Å²) in [6.45, 7) is 3.73. The molecule has 1 heteroatoms.